The van der Waals surface area contributed by atoms with Gasteiger partial charge in [-0.25, -0.2) is 4.68 Å². The molecule has 0 radical (unpaired) electrons. The van der Waals surface area contributed by atoms with Gasteiger partial charge in [-0.2, -0.15) is 0 Å². The van der Waals surface area contributed by atoms with Crippen LogP contribution in [0, 0.1) is 12.3 Å². The first kappa shape index (κ1) is 16.4. The summed E-state index contributed by atoms with van der Waals surface area (Å²) in [5, 5.41) is 14.9. The molecule has 2 N–H and O–H groups in total. The Morgan fingerprint density at radius 2 is 2.13 bits per heavy atom. The number of carbonyl (C=O) groups excluding carboxylic acids is 1. The van der Waals surface area contributed by atoms with Crippen LogP contribution in [-0.4, -0.2) is 40.5 Å². The van der Waals surface area contributed by atoms with Gasteiger partial charge in [0.1, 0.15) is 0 Å². The van der Waals surface area contributed by atoms with Gasteiger partial charge in [0.25, 0.3) is 5.91 Å². The van der Waals surface area contributed by atoms with Crippen molar-refractivity contribution in [3.8, 4) is 0 Å². The van der Waals surface area contributed by atoms with E-state index in [-0.39, 0.29) is 5.91 Å². The first-order chi connectivity index (χ1) is 11.2. The van der Waals surface area contributed by atoms with E-state index in [1.807, 2.05) is 11.6 Å². The largest absolute Gasteiger partial charge is 0.350 e. The van der Waals surface area contributed by atoms with Crippen LogP contribution in [0.25, 0.3) is 0 Å². The average Bonchev–Trinajstić information content (AvgIpc) is 2.92. The van der Waals surface area contributed by atoms with Gasteiger partial charge in [-0.3, -0.25) is 4.79 Å². The predicted octanol–water partition coefficient (Wildman–Crippen LogP) is 2.21. The lowest BCUT2D eigenvalue weighted by Gasteiger charge is -2.42. The SMILES string of the molecule is CCCC1(CNC(=O)c2nnn(C3CCNCC3)c2C)CCC1. The zero-order valence-electron chi connectivity index (χ0n) is 14.4. The number of rotatable bonds is 6. The Morgan fingerprint density at radius 1 is 1.39 bits per heavy atom. The van der Waals surface area contributed by atoms with Gasteiger partial charge < -0.3 is 10.6 Å². The zero-order chi connectivity index (χ0) is 16.3. The van der Waals surface area contributed by atoms with E-state index in [1.54, 1.807) is 0 Å². The molecule has 2 aliphatic rings. The second kappa shape index (κ2) is 6.99. The lowest BCUT2D eigenvalue weighted by Crippen LogP contribution is -2.42. The predicted molar refractivity (Wildman–Crippen MR) is 89.4 cm³/mol. The molecule has 0 atom stereocenters. The zero-order valence-corrected chi connectivity index (χ0v) is 14.4. The van der Waals surface area contributed by atoms with E-state index in [9.17, 15) is 4.79 Å². The number of nitrogens with zero attached hydrogens (tertiary/aromatic N) is 3. The minimum absolute atomic E-state index is 0.0648. The summed E-state index contributed by atoms with van der Waals surface area (Å²) in [5.74, 6) is -0.0648. The van der Waals surface area contributed by atoms with Crippen molar-refractivity contribution in [2.24, 2.45) is 5.41 Å². The molecule has 6 heteroatoms. The highest BCUT2D eigenvalue weighted by Gasteiger charge is 2.36. The molecule has 1 aromatic rings. The van der Waals surface area contributed by atoms with Crippen LogP contribution in [0.2, 0.25) is 0 Å². The van der Waals surface area contributed by atoms with Crippen LogP contribution >= 0.6 is 0 Å². The molecule has 23 heavy (non-hydrogen) atoms. The molecule has 128 valence electrons. The number of piperidine rings is 1. The number of carbonyl (C=O) groups is 1. The summed E-state index contributed by atoms with van der Waals surface area (Å²) in [5.41, 5.74) is 1.73. The number of aromatic nitrogens is 3. The fraction of sp³-hybridized carbons (Fsp3) is 0.824. The van der Waals surface area contributed by atoms with Gasteiger partial charge in [0.15, 0.2) is 5.69 Å². The molecular weight excluding hydrogens is 290 g/mol. The lowest BCUT2D eigenvalue weighted by molar-refractivity contribution is 0.0827. The summed E-state index contributed by atoms with van der Waals surface area (Å²) >= 11 is 0. The third-order valence-corrected chi connectivity index (χ3v) is 5.62. The van der Waals surface area contributed by atoms with Crippen molar-refractivity contribution in [2.45, 2.75) is 64.8 Å². The number of hydrogen-bond acceptors (Lipinski definition) is 4. The molecule has 1 aromatic heterocycles. The highest BCUT2D eigenvalue weighted by molar-refractivity contribution is 5.93. The molecule has 0 bridgehead atoms. The minimum Gasteiger partial charge on any atom is -0.350 e. The summed E-state index contributed by atoms with van der Waals surface area (Å²) < 4.78 is 1.95. The van der Waals surface area contributed by atoms with E-state index in [2.05, 4.69) is 27.9 Å². The van der Waals surface area contributed by atoms with Crippen LogP contribution in [0.1, 0.15) is 74.1 Å². The van der Waals surface area contributed by atoms with E-state index >= 15 is 0 Å². The van der Waals surface area contributed by atoms with Crippen molar-refractivity contribution in [1.82, 2.24) is 25.6 Å². The minimum atomic E-state index is -0.0648. The molecule has 3 rings (SSSR count). The van der Waals surface area contributed by atoms with Gasteiger partial charge in [0.05, 0.1) is 11.7 Å². The number of hydrogen-bond donors (Lipinski definition) is 2. The van der Waals surface area contributed by atoms with E-state index in [0.29, 0.717) is 17.2 Å². The molecule has 6 nitrogen and oxygen atoms in total. The van der Waals surface area contributed by atoms with Gasteiger partial charge in [-0.1, -0.05) is 25.0 Å². The van der Waals surface area contributed by atoms with Crippen LogP contribution in [0.4, 0.5) is 0 Å². The van der Waals surface area contributed by atoms with Crippen LogP contribution in [0.5, 0.6) is 0 Å². The summed E-state index contributed by atoms with van der Waals surface area (Å²) in [6, 6.07) is 0.364. The standard InChI is InChI=1S/C17H29N5O/c1-3-7-17(8-4-9-17)12-19-16(23)15-13(2)22(21-20-15)14-5-10-18-11-6-14/h14,18H,3-12H2,1-2H3,(H,19,23). The van der Waals surface area contributed by atoms with Crippen molar-refractivity contribution in [2.75, 3.05) is 19.6 Å². The second-order valence-electron chi connectivity index (χ2n) is 7.24. The van der Waals surface area contributed by atoms with Gasteiger partial charge >= 0.3 is 0 Å². The Bertz CT molecular complexity index is 543. The first-order valence-corrected chi connectivity index (χ1v) is 9.06. The highest BCUT2D eigenvalue weighted by Crippen LogP contribution is 2.44. The Kier molecular flexibility index (Phi) is 4.99. The topological polar surface area (TPSA) is 71.8 Å². The lowest BCUT2D eigenvalue weighted by atomic mass is 9.66. The van der Waals surface area contributed by atoms with Gasteiger partial charge in [0.2, 0.25) is 0 Å². The van der Waals surface area contributed by atoms with Crippen LogP contribution < -0.4 is 10.6 Å². The second-order valence-corrected chi connectivity index (χ2v) is 7.24. The molecule has 1 aliphatic carbocycles. The van der Waals surface area contributed by atoms with Crippen molar-refractivity contribution in [3.63, 3.8) is 0 Å². The molecule has 2 fully saturated rings. The van der Waals surface area contributed by atoms with Crippen molar-refractivity contribution < 1.29 is 4.79 Å². The van der Waals surface area contributed by atoms with Gasteiger partial charge in [-0.15, -0.1) is 5.10 Å². The fourth-order valence-electron chi connectivity index (χ4n) is 4.02. The molecule has 1 saturated heterocycles. The maximum Gasteiger partial charge on any atom is 0.273 e. The Morgan fingerprint density at radius 3 is 2.74 bits per heavy atom. The summed E-state index contributed by atoms with van der Waals surface area (Å²) in [6.07, 6.45) is 8.25. The van der Waals surface area contributed by atoms with E-state index in [0.717, 1.165) is 38.2 Å². The Hall–Kier alpha value is -1.43. The molecule has 0 spiro atoms. The number of amides is 1. The first-order valence-electron chi connectivity index (χ1n) is 9.06. The van der Waals surface area contributed by atoms with Crippen LogP contribution in [0.3, 0.4) is 0 Å². The summed E-state index contributed by atoms with van der Waals surface area (Å²) in [4.78, 5) is 12.5. The maximum absolute atomic E-state index is 12.5. The Labute approximate surface area is 138 Å². The summed E-state index contributed by atoms with van der Waals surface area (Å²) in [7, 11) is 0. The van der Waals surface area contributed by atoms with Crippen LogP contribution in [0.15, 0.2) is 0 Å². The quantitative estimate of drug-likeness (QED) is 0.843. The highest BCUT2D eigenvalue weighted by atomic mass is 16.2. The fourth-order valence-corrected chi connectivity index (χ4v) is 4.02. The average molecular weight is 319 g/mol. The molecule has 0 aromatic carbocycles. The third-order valence-electron chi connectivity index (χ3n) is 5.62. The number of nitrogens with one attached hydrogen (secondary N) is 2. The molecular formula is C17H29N5O. The van der Waals surface area contributed by atoms with Gasteiger partial charge in [-0.05, 0) is 57.5 Å². The van der Waals surface area contributed by atoms with E-state index in [4.69, 9.17) is 0 Å². The van der Waals surface area contributed by atoms with Crippen LogP contribution in [-0.2, 0) is 0 Å². The molecule has 0 unspecified atom stereocenters. The van der Waals surface area contributed by atoms with Crippen molar-refractivity contribution in [3.05, 3.63) is 11.4 Å². The van der Waals surface area contributed by atoms with Gasteiger partial charge in [0, 0.05) is 6.54 Å². The van der Waals surface area contributed by atoms with E-state index < -0.39 is 0 Å². The molecule has 2 heterocycles. The monoisotopic (exact) mass is 319 g/mol. The molecule has 1 amide bonds. The molecule has 1 saturated carbocycles. The molecule has 1 aliphatic heterocycles. The normalized spacial score (nSPS) is 21.0. The smallest absolute Gasteiger partial charge is 0.273 e. The van der Waals surface area contributed by atoms with E-state index in [1.165, 1.54) is 32.1 Å². The van der Waals surface area contributed by atoms with Crippen molar-refractivity contribution >= 4 is 5.91 Å². The summed E-state index contributed by atoms with van der Waals surface area (Å²) in [6.45, 7) is 6.97. The third kappa shape index (κ3) is 3.42. The Balaban J connectivity index is 1.62. The van der Waals surface area contributed by atoms with Crippen molar-refractivity contribution in [1.29, 1.82) is 0 Å². The maximum atomic E-state index is 12.5.